The largest absolute Gasteiger partial charge is 0.459 e. The van der Waals surface area contributed by atoms with Gasteiger partial charge in [-0.2, -0.15) is 0 Å². The molecule has 86 valence electrons. The Kier molecular flexibility index (Phi) is 7.69. The van der Waals surface area contributed by atoms with E-state index in [-0.39, 0.29) is 6.42 Å². The summed E-state index contributed by atoms with van der Waals surface area (Å²) in [6.07, 6.45) is 0.809. The molecule has 2 N–H and O–H groups in total. The maximum absolute atomic E-state index is 10.6. The first-order valence-electron chi connectivity index (χ1n) is 5.04. The third kappa shape index (κ3) is 6.95. The number of methoxy groups -OCH3 is 1. The van der Waals surface area contributed by atoms with Crippen molar-refractivity contribution in [2.75, 3.05) is 7.11 Å². The van der Waals surface area contributed by atoms with E-state index < -0.39 is 18.2 Å². The average Bonchev–Trinajstić information content (AvgIpc) is 2.25. The third-order valence-corrected chi connectivity index (χ3v) is 1.98. The van der Waals surface area contributed by atoms with Crippen LogP contribution < -0.4 is 0 Å². The number of unbranched alkanes of at least 4 members (excludes halogenated alkanes) is 1. The Labute approximate surface area is 90.3 Å². The van der Waals surface area contributed by atoms with Gasteiger partial charge >= 0.3 is 5.97 Å². The second-order valence-electron chi connectivity index (χ2n) is 3.27. The maximum atomic E-state index is 10.6. The van der Waals surface area contributed by atoms with Gasteiger partial charge in [0, 0.05) is 12.3 Å². The number of rotatable bonds is 5. The number of aliphatic hydroxyl groups is 2. The van der Waals surface area contributed by atoms with Crippen molar-refractivity contribution in [3.05, 3.63) is 0 Å². The van der Waals surface area contributed by atoms with Crippen LogP contribution in [0.25, 0.3) is 0 Å². The fourth-order valence-electron chi connectivity index (χ4n) is 1.02. The molecule has 0 radical (unpaired) electrons. The van der Waals surface area contributed by atoms with E-state index in [2.05, 4.69) is 16.6 Å². The molecule has 0 saturated heterocycles. The van der Waals surface area contributed by atoms with Crippen LogP contribution in [0.15, 0.2) is 0 Å². The van der Waals surface area contributed by atoms with Crippen molar-refractivity contribution >= 4 is 5.97 Å². The van der Waals surface area contributed by atoms with Crippen LogP contribution >= 0.6 is 0 Å². The van der Waals surface area contributed by atoms with Gasteiger partial charge in [-0.15, -0.1) is 0 Å². The molecule has 0 aliphatic heterocycles. The highest BCUT2D eigenvalue weighted by Gasteiger charge is 2.13. The minimum Gasteiger partial charge on any atom is -0.459 e. The minimum absolute atomic E-state index is 0.0833. The molecule has 0 bridgehead atoms. The first-order valence-corrected chi connectivity index (χ1v) is 5.04. The van der Waals surface area contributed by atoms with Gasteiger partial charge in [0.05, 0.1) is 19.3 Å². The van der Waals surface area contributed by atoms with Gasteiger partial charge in [0.1, 0.15) is 0 Å². The zero-order valence-electron chi connectivity index (χ0n) is 9.19. The lowest BCUT2D eigenvalue weighted by Crippen LogP contribution is -2.25. The monoisotopic (exact) mass is 214 g/mol. The van der Waals surface area contributed by atoms with Gasteiger partial charge in [0.2, 0.25) is 0 Å². The molecule has 0 amide bonds. The Hall–Kier alpha value is -1.05. The molecule has 0 spiro atoms. The molecular weight excluding hydrogens is 196 g/mol. The molecular formula is C11H18O4. The van der Waals surface area contributed by atoms with Crippen LogP contribution in [0.4, 0.5) is 0 Å². The number of ether oxygens (including phenoxy) is 1. The molecule has 2 atom stereocenters. The molecule has 0 heterocycles. The predicted octanol–water partition coefficient (Wildman–Crippen LogP) is 0.465. The van der Waals surface area contributed by atoms with Gasteiger partial charge in [0.25, 0.3) is 0 Å². The highest BCUT2D eigenvalue weighted by molar-refractivity contribution is 5.88. The van der Waals surface area contributed by atoms with Crippen molar-refractivity contribution < 1.29 is 19.7 Å². The van der Waals surface area contributed by atoms with Crippen molar-refractivity contribution in [2.24, 2.45) is 0 Å². The normalized spacial score (nSPS) is 13.6. The van der Waals surface area contributed by atoms with Crippen LogP contribution in [0.5, 0.6) is 0 Å². The molecule has 0 aliphatic carbocycles. The number of esters is 1. The van der Waals surface area contributed by atoms with E-state index in [0.717, 1.165) is 12.8 Å². The lowest BCUT2D eigenvalue weighted by atomic mass is 10.1. The van der Waals surface area contributed by atoms with Gasteiger partial charge in [0.15, 0.2) is 0 Å². The van der Waals surface area contributed by atoms with Crippen molar-refractivity contribution in [1.82, 2.24) is 0 Å². The van der Waals surface area contributed by atoms with Gasteiger partial charge < -0.3 is 14.9 Å². The molecule has 0 aromatic heterocycles. The highest BCUT2D eigenvalue weighted by Crippen LogP contribution is 2.06. The molecule has 0 aromatic carbocycles. The molecule has 4 nitrogen and oxygen atoms in total. The van der Waals surface area contributed by atoms with E-state index in [1.165, 1.54) is 7.11 Å². The van der Waals surface area contributed by atoms with Crippen molar-refractivity contribution in [1.29, 1.82) is 0 Å². The summed E-state index contributed by atoms with van der Waals surface area (Å²) in [5.74, 6) is 4.02. The lowest BCUT2D eigenvalue weighted by Gasteiger charge is -2.14. The van der Waals surface area contributed by atoms with E-state index >= 15 is 0 Å². The number of hydrogen-bond acceptors (Lipinski definition) is 4. The van der Waals surface area contributed by atoms with Crippen LogP contribution in [0.2, 0.25) is 0 Å². The Bertz CT molecular complexity index is 239. The van der Waals surface area contributed by atoms with Crippen LogP contribution in [-0.4, -0.2) is 35.5 Å². The summed E-state index contributed by atoms with van der Waals surface area (Å²) in [5.41, 5.74) is 0. The SMILES string of the molecule is CCCC[C@@H](O)[C@H](O)CC#CC(=O)OC. The molecule has 0 aromatic rings. The lowest BCUT2D eigenvalue weighted by molar-refractivity contribution is -0.133. The molecule has 15 heavy (non-hydrogen) atoms. The number of aliphatic hydroxyl groups excluding tert-OH is 2. The molecule has 0 saturated carbocycles. The Morgan fingerprint density at radius 1 is 1.40 bits per heavy atom. The minimum atomic E-state index is -0.895. The van der Waals surface area contributed by atoms with Crippen molar-refractivity contribution in [3.63, 3.8) is 0 Å². The first kappa shape index (κ1) is 13.9. The third-order valence-electron chi connectivity index (χ3n) is 1.98. The number of carbonyl (C=O) groups excluding carboxylic acids is 1. The summed E-state index contributed by atoms with van der Waals surface area (Å²) >= 11 is 0. The molecule has 0 fully saturated rings. The summed E-state index contributed by atoms with van der Waals surface area (Å²) in [6.45, 7) is 2.01. The second-order valence-corrected chi connectivity index (χ2v) is 3.27. The van der Waals surface area contributed by atoms with Gasteiger partial charge in [-0.3, -0.25) is 0 Å². The predicted molar refractivity (Wildman–Crippen MR) is 55.9 cm³/mol. The number of carbonyl (C=O) groups is 1. The fraction of sp³-hybridized carbons (Fsp3) is 0.727. The number of hydrogen-bond donors (Lipinski definition) is 2. The quantitative estimate of drug-likeness (QED) is 0.396. The molecule has 0 unspecified atom stereocenters. The van der Waals surface area contributed by atoms with Crippen LogP contribution in [0.1, 0.15) is 32.6 Å². The van der Waals surface area contributed by atoms with Crippen LogP contribution in [0, 0.1) is 11.8 Å². The van der Waals surface area contributed by atoms with Gasteiger partial charge in [-0.25, -0.2) is 4.79 Å². The Morgan fingerprint density at radius 2 is 2.07 bits per heavy atom. The van der Waals surface area contributed by atoms with Crippen LogP contribution in [-0.2, 0) is 9.53 Å². The summed E-state index contributed by atoms with van der Waals surface area (Å²) in [4.78, 5) is 10.6. The highest BCUT2D eigenvalue weighted by atomic mass is 16.5. The topological polar surface area (TPSA) is 66.8 Å². The Balaban J connectivity index is 3.84. The zero-order valence-corrected chi connectivity index (χ0v) is 9.19. The maximum Gasteiger partial charge on any atom is 0.384 e. The zero-order chi connectivity index (χ0) is 11.7. The summed E-state index contributed by atoms with van der Waals surface area (Å²) < 4.78 is 4.30. The Morgan fingerprint density at radius 3 is 2.60 bits per heavy atom. The van der Waals surface area contributed by atoms with Gasteiger partial charge in [-0.1, -0.05) is 25.7 Å². The van der Waals surface area contributed by atoms with Crippen molar-refractivity contribution in [3.8, 4) is 11.8 Å². The summed E-state index contributed by atoms with van der Waals surface area (Å²) in [7, 11) is 1.24. The first-order chi connectivity index (χ1) is 7.11. The standard InChI is InChI=1S/C11H18O4/c1-3-4-6-9(12)10(13)7-5-8-11(14)15-2/h9-10,12-13H,3-4,6-7H2,1-2H3/t9-,10-/m1/s1. The second kappa shape index (κ2) is 8.27. The molecule has 0 aliphatic rings. The summed E-state index contributed by atoms with van der Waals surface area (Å²) in [6, 6.07) is 0. The van der Waals surface area contributed by atoms with E-state index in [4.69, 9.17) is 0 Å². The summed E-state index contributed by atoms with van der Waals surface area (Å²) in [5, 5.41) is 18.9. The van der Waals surface area contributed by atoms with E-state index in [1.54, 1.807) is 0 Å². The van der Waals surface area contributed by atoms with E-state index in [1.807, 2.05) is 6.92 Å². The molecule has 0 rings (SSSR count). The smallest absolute Gasteiger partial charge is 0.384 e. The fourth-order valence-corrected chi connectivity index (χ4v) is 1.02. The van der Waals surface area contributed by atoms with E-state index in [9.17, 15) is 15.0 Å². The van der Waals surface area contributed by atoms with Crippen molar-refractivity contribution in [2.45, 2.75) is 44.8 Å². The van der Waals surface area contributed by atoms with Gasteiger partial charge in [-0.05, 0) is 6.42 Å². The molecule has 4 heteroatoms. The van der Waals surface area contributed by atoms with Crippen LogP contribution in [0.3, 0.4) is 0 Å². The van der Waals surface area contributed by atoms with E-state index in [0.29, 0.717) is 6.42 Å². The average molecular weight is 214 g/mol.